The van der Waals surface area contributed by atoms with Gasteiger partial charge in [-0.25, -0.2) is 0 Å². The molecule has 140 valence electrons. The molecule has 5 heteroatoms. The van der Waals surface area contributed by atoms with Gasteiger partial charge in [-0.1, -0.05) is 78.9 Å². The van der Waals surface area contributed by atoms with Gasteiger partial charge >= 0.3 is 0 Å². The van der Waals surface area contributed by atoms with Crippen molar-refractivity contribution in [3.05, 3.63) is 66.2 Å². The monoisotopic (exact) mass is 370 g/mol. The van der Waals surface area contributed by atoms with E-state index in [1.807, 2.05) is 55.5 Å². The van der Waals surface area contributed by atoms with Gasteiger partial charge in [0.1, 0.15) is 0 Å². The molecule has 0 unspecified atom stereocenters. The van der Waals surface area contributed by atoms with Crippen molar-refractivity contribution in [3.63, 3.8) is 0 Å². The number of aliphatic hydroxyl groups is 1. The van der Waals surface area contributed by atoms with E-state index in [2.05, 4.69) is 25.2 Å². The summed E-state index contributed by atoms with van der Waals surface area (Å²) in [4.78, 5) is 14.4. The summed E-state index contributed by atoms with van der Waals surface area (Å²) in [6, 6.07) is 19.5. The van der Waals surface area contributed by atoms with Gasteiger partial charge in [0.25, 0.3) is 0 Å². The third-order valence-electron chi connectivity index (χ3n) is 5.16. The number of amides is 1. The maximum Gasteiger partial charge on any atom is 0.239 e. The lowest BCUT2D eigenvalue weighted by atomic mass is 10.0. The molecule has 3 atom stereocenters. The Kier molecular flexibility index (Phi) is 6.75. The molecule has 0 radical (unpaired) electrons. The number of benzene rings is 2. The Bertz CT molecular complexity index is 706. The van der Waals surface area contributed by atoms with Crippen molar-refractivity contribution in [2.75, 3.05) is 7.05 Å². The summed E-state index contributed by atoms with van der Waals surface area (Å²) in [6.07, 6.45) is -0.739. The van der Waals surface area contributed by atoms with Crippen LogP contribution in [0.3, 0.4) is 0 Å². The molecule has 0 bridgehead atoms. The Hall–Kier alpha value is -1.95. The molecule has 1 amide bonds. The van der Waals surface area contributed by atoms with Crippen LogP contribution < -0.4 is 10.9 Å². The van der Waals surface area contributed by atoms with Crippen LogP contribution in [0.25, 0.3) is 0 Å². The molecular weight excluding hydrogens is 340 g/mol. The van der Waals surface area contributed by atoms with E-state index in [-0.39, 0.29) is 11.9 Å². The number of rotatable bonds is 7. The highest BCUT2D eigenvalue weighted by Crippen LogP contribution is 2.21. The smallest absolute Gasteiger partial charge is 0.239 e. The Labute approximate surface area is 157 Å². The molecule has 0 aliphatic heterocycles. The van der Waals surface area contributed by atoms with Gasteiger partial charge in [-0.15, -0.1) is 0 Å². The van der Waals surface area contributed by atoms with Crippen LogP contribution in [0, 0.1) is 0 Å². The fourth-order valence-electron chi connectivity index (χ4n) is 3.25. The highest BCUT2D eigenvalue weighted by atomic mass is 28.3. The van der Waals surface area contributed by atoms with Gasteiger partial charge in [0.05, 0.1) is 26.3 Å². The molecule has 2 aromatic rings. The number of carbonyl (C=O) groups excluding carboxylic acids is 1. The van der Waals surface area contributed by atoms with E-state index in [4.69, 9.17) is 5.73 Å². The van der Waals surface area contributed by atoms with Gasteiger partial charge in [0, 0.05) is 7.05 Å². The zero-order valence-corrected chi connectivity index (χ0v) is 17.1. The van der Waals surface area contributed by atoms with Crippen LogP contribution in [0.2, 0.25) is 19.1 Å². The zero-order chi connectivity index (χ0) is 19.3. The normalized spacial score (nSPS) is 15.2. The lowest BCUT2D eigenvalue weighted by Crippen LogP contribution is -2.53. The number of carbonyl (C=O) groups is 1. The molecule has 0 aromatic heterocycles. The Morgan fingerprint density at radius 3 is 2.12 bits per heavy atom. The molecule has 2 aromatic carbocycles. The minimum absolute atomic E-state index is 0.121. The van der Waals surface area contributed by atoms with Crippen molar-refractivity contribution in [1.29, 1.82) is 0 Å². The average Bonchev–Trinajstić information content (AvgIpc) is 2.66. The van der Waals surface area contributed by atoms with Crippen LogP contribution >= 0.6 is 0 Å². The van der Waals surface area contributed by atoms with Crippen molar-refractivity contribution in [2.45, 2.75) is 44.2 Å². The van der Waals surface area contributed by atoms with E-state index < -0.39 is 20.2 Å². The SMILES string of the molecule is C[C@H]([C@@H](O)c1ccccc1)N(C)C(=O)[C@@H](N)C[Si](C)(C)c1ccccc1. The number of nitrogens with zero attached hydrogens (tertiary/aromatic N) is 1. The van der Waals surface area contributed by atoms with Gasteiger partial charge < -0.3 is 15.7 Å². The maximum atomic E-state index is 12.8. The molecule has 0 saturated heterocycles. The summed E-state index contributed by atoms with van der Waals surface area (Å²) in [5.74, 6) is -0.121. The number of hydrogen-bond acceptors (Lipinski definition) is 3. The summed E-state index contributed by atoms with van der Waals surface area (Å²) in [5.41, 5.74) is 7.08. The van der Waals surface area contributed by atoms with Crippen LogP contribution in [0.1, 0.15) is 18.6 Å². The molecule has 4 nitrogen and oxygen atoms in total. The molecule has 0 heterocycles. The van der Waals surface area contributed by atoms with Gasteiger partial charge in [-0.3, -0.25) is 4.79 Å². The summed E-state index contributed by atoms with van der Waals surface area (Å²) < 4.78 is 0. The number of likely N-dealkylation sites (N-methyl/N-ethyl adjacent to an activating group) is 1. The van der Waals surface area contributed by atoms with E-state index in [1.54, 1.807) is 11.9 Å². The van der Waals surface area contributed by atoms with Crippen LogP contribution in [0.4, 0.5) is 0 Å². The summed E-state index contributed by atoms with van der Waals surface area (Å²) in [6.45, 7) is 6.32. The second kappa shape index (κ2) is 8.62. The minimum Gasteiger partial charge on any atom is -0.386 e. The van der Waals surface area contributed by atoms with Gasteiger partial charge in [0.2, 0.25) is 5.91 Å². The molecule has 26 heavy (non-hydrogen) atoms. The van der Waals surface area contributed by atoms with Crippen LogP contribution in [0.15, 0.2) is 60.7 Å². The highest BCUT2D eigenvalue weighted by Gasteiger charge is 2.32. The standard InChI is InChI=1S/C21H30N2O2Si/c1-16(20(24)17-11-7-5-8-12-17)23(2)21(25)19(22)15-26(3,4)18-13-9-6-10-14-18/h5-14,16,19-20,24H,15,22H2,1-4H3/t16-,19+,20-/m1/s1. The van der Waals surface area contributed by atoms with Crippen molar-refractivity contribution in [2.24, 2.45) is 5.73 Å². The van der Waals surface area contributed by atoms with Crippen molar-refractivity contribution in [1.82, 2.24) is 4.90 Å². The third kappa shape index (κ3) is 4.81. The third-order valence-corrected chi connectivity index (χ3v) is 8.52. The predicted octanol–water partition coefficient (Wildman–Crippen LogP) is 2.51. The van der Waals surface area contributed by atoms with Crippen LogP contribution in [0.5, 0.6) is 0 Å². The number of aliphatic hydroxyl groups excluding tert-OH is 1. The number of nitrogens with two attached hydrogens (primary N) is 1. The van der Waals surface area contributed by atoms with E-state index in [9.17, 15) is 9.90 Å². The first kappa shape index (κ1) is 20.4. The van der Waals surface area contributed by atoms with E-state index in [0.717, 1.165) is 5.56 Å². The fraction of sp³-hybridized carbons (Fsp3) is 0.381. The number of hydrogen-bond donors (Lipinski definition) is 2. The zero-order valence-electron chi connectivity index (χ0n) is 16.1. The van der Waals surface area contributed by atoms with Crippen LogP contribution in [-0.2, 0) is 4.79 Å². The minimum atomic E-state index is -1.81. The van der Waals surface area contributed by atoms with Gasteiger partial charge in [-0.05, 0) is 18.5 Å². The van der Waals surface area contributed by atoms with Crippen molar-refractivity contribution >= 4 is 19.2 Å². The molecule has 0 aliphatic carbocycles. The quantitative estimate of drug-likeness (QED) is 0.736. The first-order chi connectivity index (χ1) is 12.2. The summed E-state index contributed by atoms with van der Waals surface area (Å²) in [7, 11) is -0.0937. The second-order valence-electron chi connectivity index (χ2n) is 7.61. The lowest BCUT2D eigenvalue weighted by molar-refractivity contribution is -0.134. The van der Waals surface area contributed by atoms with E-state index >= 15 is 0 Å². The first-order valence-corrected chi connectivity index (χ1v) is 12.3. The molecule has 0 saturated carbocycles. The Morgan fingerprint density at radius 2 is 1.58 bits per heavy atom. The second-order valence-corrected chi connectivity index (χ2v) is 12.4. The average molecular weight is 371 g/mol. The first-order valence-electron chi connectivity index (χ1n) is 9.05. The highest BCUT2D eigenvalue weighted by molar-refractivity contribution is 6.90. The van der Waals surface area contributed by atoms with Gasteiger partial charge in [-0.2, -0.15) is 0 Å². The largest absolute Gasteiger partial charge is 0.386 e. The van der Waals surface area contributed by atoms with E-state index in [1.165, 1.54) is 5.19 Å². The predicted molar refractivity (Wildman–Crippen MR) is 110 cm³/mol. The summed E-state index contributed by atoms with van der Waals surface area (Å²) >= 11 is 0. The van der Waals surface area contributed by atoms with Crippen LogP contribution in [-0.4, -0.2) is 43.1 Å². The topological polar surface area (TPSA) is 66.6 Å². The Morgan fingerprint density at radius 1 is 1.08 bits per heavy atom. The fourth-order valence-corrected chi connectivity index (χ4v) is 5.85. The maximum absolute atomic E-state index is 12.8. The molecule has 0 spiro atoms. The Balaban J connectivity index is 2.05. The van der Waals surface area contributed by atoms with Crippen molar-refractivity contribution < 1.29 is 9.90 Å². The van der Waals surface area contributed by atoms with E-state index in [0.29, 0.717) is 6.04 Å². The molecule has 3 N–H and O–H groups in total. The van der Waals surface area contributed by atoms with Crippen molar-refractivity contribution in [3.8, 4) is 0 Å². The molecule has 2 rings (SSSR count). The molecule has 0 aliphatic rings. The molecular formula is C21H30N2O2Si. The van der Waals surface area contributed by atoms with Gasteiger partial charge in [0.15, 0.2) is 0 Å². The lowest BCUT2D eigenvalue weighted by Gasteiger charge is -2.33. The summed E-state index contributed by atoms with van der Waals surface area (Å²) in [5, 5.41) is 11.9. The molecule has 0 fully saturated rings.